The second-order valence-electron chi connectivity index (χ2n) is 5.50. The number of nitrogens with zero attached hydrogens (tertiary/aromatic N) is 2. The van der Waals surface area contributed by atoms with E-state index < -0.39 is 0 Å². The first-order valence-electron chi connectivity index (χ1n) is 6.85. The van der Waals surface area contributed by atoms with Gasteiger partial charge in [0.05, 0.1) is 6.04 Å². The summed E-state index contributed by atoms with van der Waals surface area (Å²) in [6.45, 7) is 7.28. The molecule has 0 aromatic heterocycles. The molecule has 0 amide bonds. The number of aryl methyl sites for hydroxylation is 1. The van der Waals surface area contributed by atoms with Crippen LogP contribution in [0, 0.1) is 6.92 Å². The second-order valence-corrected chi connectivity index (χ2v) is 5.50. The lowest BCUT2D eigenvalue weighted by Crippen LogP contribution is -2.45. The largest absolute Gasteiger partial charge is 0.366 e. The molecule has 1 fully saturated rings. The Labute approximate surface area is 111 Å². The molecule has 18 heavy (non-hydrogen) atoms. The van der Waals surface area contributed by atoms with Crippen LogP contribution in [0.1, 0.15) is 18.9 Å². The number of rotatable bonds is 2. The molecule has 1 aromatic carbocycles. The van der Waals surface area contributed by atoms with Crippen molar-refractivity contribution in [3.05, 3.63) is 29.8 Å². The van der Waals surface area contributed by atoms with Gasteiger partial charge >= 0.3 is 0 Å². The Hall–Kier alpha value is -1.06. The Balaban J connectivity index is 2.21. The van der Waals surface area contributed by atoms with Crippen LogP contribution in [0.15, 0.2) is 24.3 Å². The van der Waals surface area contributed by atoms with E-state index in [1.165, 1.54) is 17.7 Å². The van der Waals surface area contributed by atoms with Crippen molar-refractivity contribution >= 4 is 5.69 Å². The van der Waals surface area contributed by atoms with Gasteiger partial charge in [0.15, 0.2) is 0 Å². The van der Waals surface area contributed by atoms with Crippen LogP contribution in [-0.4, -0.2) is 43.7 Å². The van der Waals surface area contributed by atoms with E-state index in [-0.39, 0.29) is 0 Å². The molecular weight excluding hydrogens is 222 g/mol. The molecule has 1 aliphatic heterocycles. The molecule has 1 aromatic rings. The maximum Gasteiger partial charge on any atom is 0.0539 e. The minimum Gasteiger partial charge on any atom is -0.366 e. The van der Waals surface area contributed by atoms with Gasteiger partial charge in [-0.25, -0.2) is 0 Å². The van der Waals surface area contributed by atoms with Crippen molar-refractivity contribution < 1.29 is 0 Å². The van der Waals surface area contributed by atoms with Gasteiger partial charge in [0, 0.05) is 31.4 Å². The molecule has 0 spiro atoms. The van der Waals surface area contributed by atoms with Crippen LogP contribution in [0.25, 0.3) is 0 Å². The fourth-order valence-electron chi connectivity index (χ4n) is 2.62. The zero-order chi connectivity index (χ0) is 13.1. The minimum absolute atomic E-state index is 0.419. The first-order valence-corrected chi connectivity index (χ1v) is 6.85. The predicted octanol–water partition coefficient (Wildman–Crippen LogP) is 1.85. The van der Waals surface area contributed by atoms with Crippen molar-refractivity contribution in [3.8, 4) is 0 Å². The van der Waals surface area contributed by atoms with Gasteiger partial charge in [0.2, 0.25) is 0 Å². The van der Waals surface area contributed by atoms with Crippen LogP contribution in [0.5, 0.6) is 0 Å². The molecule has 2 atom stereocenters. The highest BCUT2D eigenvalue weighted by Crippen LogP contribution is 2.22. The summed E-state index contributed by atoms with van der Waals surface area (Å²) < 4.78 is 0. The Morgan fingerprint density at radius 3 is 2.56 bits per heavy atom. The predicted molar refractivity (Wildman–Crippen MR) is 78.1 cm³/mol. The molecule has 1 aliphatic rings. The third kappa shape index (κ3) is 2.85. The number of benzene rings is 1. The zero-order valence-electron chi connectivity index (χ0n) is 11.8. The fraction of sp³-hybridized carbons (Fsp3) is 0.600. The lowest BCUT2D eigenvalue weighted by atomic mass is 10.1. The van der Waals surface area contributed by atoms with Crippen molar-refractivity contribution in [1.29, 1.82) is 0 Å². The molecule has 2 unspecified atom stereocenters. The quantitative estimate of drug-likeness (QED) is 0.866. The monoisotopic (exact) mass is 247 g/mol. The molecule has 1 saturated heterocycles. The number of anilines is 1. The van der Waals surface area contributed by atoms with E-state index in [0.717, 1.165) is 13.1 Å². The van der Waals surface area contributed by atoms with E-state index in [1.807, 2.05) is 0 Å². The zero-order valence-corrected chi connectivity index (χ0v) is 11.8. The van der Waals surface area contributed by atoms with Gasteiger partial charge in [-0.15, -0.1) is 0 Å². The maximum absolute atomic E-state index is 5.97. The molecule has 3 nitrogen and oxygen atoms in total. The smallest absolute Gasteiger partial charge is 0.0539 e. The molecule has 0 saturated carbocycles. The molecule has 3 heteroatoms. The van der Waals surface area contributed by atoms with Crippen molar-refractivity contribution in [2.45, 2.75) is 32.4 Å². The van der Waals surface area contributed by atoms with Crippen molar-refractivity contribution in [3.63, 3.8) is 0 Å². The van der Waals surface area contributed by atoms with Crippen LogP contribution in [0.3, 0.4) is 0 Å². The third-order valence-corrected chi connectivity index (χ3v) is 4.12. The summed E-state index contributed by atoms with van der Waals surface area (Å²) in [7, 11) is 2.20. The molecule has 0 bridgehead atoms. The molecule has 0 radical (unpaired) electrons. The molecule has 1 heterocycles. The van der Waals surface area contributed by atoms with E-state index >= 15 is 0 Å². The van der Waals surface area contributed by atoms with Crippen molar-refractivity contribution in [2.75, 3.05) is 31.6 Å². The standard InChI is InChI=1S/C15H25N3/c1-12-4-6-14(7-5-12)18-9-8-13(2)17(3)11-15(18)10-16/h4-7,13,15H,8-11,16H2,1-3H3. The van der Waals surface area contributed by atoms with Gasteiger partial charge in [-0.05, 0) is 39.4 Å². The molecular formula is C15H25N3. The lowest BCUT2D eigenvalue weighted by molar-refractivity contribution is 0.256. The summed E-state index contributed by atoms with van der Waals surface area (Å²) in [5.41, 5.74) is 8.58. The second kappa shape index (κ2) is 5.72. The first kappa shape index (κ1) is 13.4. The Morgan fingerprint density at radius 1 is 1.28 bits per heavy atom. The van der Waals surface area contributed by atoms with Crippen LogP contribution >= 0.6 is 0 Å². The summed E-state index contributed by atoms with van der Waals surface area (Å²) in [6.07, 6.45) is 1.20. The van der Waals surface area contributed by atoms with Crippen LogP contribution < -0.4 is 10.6 Å². The summed E-state index contributed by atoms with van der Waals surface area (Å²) in [6, 6.07) is 9.85. The third-order valence-electron chi connectivity index (χ3n) is 4.12. The number of hydrogen-bond acceptors (Lipinski definition) is 3. The molecule has 2 rings (SSSR count). The number of hydrogen-bond donors (Lipinski definition) is 1. The highest BCUT2D eigenvalue weighted by Gasteiger charge is 2.25. The topological polar surface area (TPSA) is 32.5 Å². The Kier molecular flexibility index (Phi) is 4.25. The normalized spacial score (nSPS) is 26.1. The van der Waals surface area contributed by atoms with Gasteiger partial charge in [-0.2, -0.15) is 0 Å². The Morgan fingerprint density at radius 2 is 1.94 bits per heavy atom. The van der Waals surface area contributed by atoms with E-state index in [1.54, 1.807) is 0 Å². The summed E-state index contributed by atoms with van der Waals surface area (Å²) >= 11 is 0. The minimum atomic E-state index is 0.419. The van der Waals surface area contributed by atoms with E-state index in [4.69, 9.17) is 5.73 Å². The van der Waals surface area contributed by atoms with E-state index in [2.05, 4.69) is 55.0 Å². The number of nitrogens with two attached hydrogens (primary N) is 1. The van der Waals surface area contributed by atoms with Crippen LogP contribution in [0.4, 0.5) is 5.69 Å². The van der Waals surface area contributed by atoms with Gasteiger partial charge in [0.25, 0.3) is 0 Å². The highest BCUT2D eigenvalue weighted by atomic mass is 15.3. The van der Waals surface area contributed by atoms with Gasteiger partial charge in [-0.1, -0.05) is 17.7 Å². The van der Waals surface area contributed by atoms with Gasteiger partial charge < -0.3 is 15.5 Å². The average molecular weight is 247 g/mol. The molecule has 100 valence electrons. The summed E-state index contributed by atoms with van der Waals surface area (Å²) in [5.74, 6) is 0. The SMILES string of the molecule is Cc1ccc(N2CCC(C)N(C)CC2CN)cc1. The number of likely N-dealkylation sites (N-methyl/N-ethyl adjacent to an activating group) is 1. The van der Waals surface area contributed by atoms with Gasteiger partial charge in [-0.3, -0.25) is 0 Å². The van der Waals surface area contributed by atoms with E-state index in [0.29, 0.717) is 18.6 Å². The van der Waals surface area contributed by atoms with Crippen molar-refractivity contribution in [2.24, 2.45) is 5.73 Å². The highest BCUT2D eigenvalue weighted by molar-refractivity contribution is 5.49. The molecule has 0 aliphatic carbocycles. The molecule has 2 N–H and O–H groups in total. The maximum atomic E-state index is 5.97. The van der Waals surface area contributed by atoms with Gasteiger partial charge in [0.1, 0.15) is 0 Å². The van der Waals surface area contributed by atoms with Crippen LogP contribution in [-0.2, 0) is 0 Å². The average Bonchev–Trinajstić information content (AvgIpc) is 2.51. The first-order chi connectivity index (χ1) is 8.61. The summed E-state index contributed by atoms with van der Waals surface area (Å²) in [4.78, 5) is 4.89. The Bertz CT molecular complexity index is 374. The van der Waals surface area contributed by atoms with E-state index in [9.17, 15) is 0 Å². The summed E-state index contributed by atoms with van der Waals surface area (Å²) in [5, 5.41) is 0. The fourth-order valence-corrected chi connectivity index (χ4v) is 2.62. The lowest BCUT2D eigenvalue weighted by Gasteiger charge is -2.32. The van der Waals surface area contributed by atoms with Crippen molar-refractivity contribution in [1.82, 2.24) is 4.90 Å². The van der Waals surface area contributed by atoms with Crippen LogP contribution in [0.2, 0.25) is 0 Å².